The van der Waals surface area contributed by atoms with Crippen molar-refractivity contribution in [3.8, 4) is 0 Å². The Bertz CT molecular complexity index is 287. The van der Waals surface area contributed by atoms with Crippen LogP contribution in [-0.2, 0) is 9.53 Å². The van der Waals surface area contributed by atoms with Gasteiger partial charge in [0.15, 0.2) is 5.78 Å². The van der Waals surface area contributed by atoms with E-state index in [1.54, 1.807) is 6.08 Å². The van der Waals surface area contributed by atoms with Gasteiger partial charge in [0.1, 0.15) is 5.76 Å². The fourth-order valence-corrected chi connectivity index (χ4v) is 2.15. The van der Waals surface area contributed by atoms with Gasteiger partial charge in [-0.2, -0.15) is 0 Å². The van der Waals surface area contributed by atoms with E-state index in [0.29, 0.717) is 6.61 Å². The predicted molar refractivity (Wildman–Crippen MR) is 61.4 cm³/mol. The van der Waals surface area contributed by atoms with Gasteiger partial charge < -0.3 is 4.74 Å². The van der Waals surface area contributed by atoms with Gasteiger partial charge in [-0.3, -0.25) is 4.79 Å². The minimum absolute atomic E-state index is 0.0233. The predicted octanol–water partition coefficient (Wildman–Crippen LogP) is 3.10. The van der Waals surface area contributed by atoms with E-state index in [1.807, 2.05) is 13.0 Å². The Kier molecular flexibility index (Phi) is 3.72. The zero-order chi connectivity index (χ0) is 11.5. The van der Waals surface area contributed by atoms with Gasteiger partial charge in [-0.25, -0.2) is 0 Å². The summed E-state index contributed by atoms with van der Waals surface area (Å²) in [6.07, 6.45) is 5.07. The molecule has 1 rings (SSSR count). The second kappa shape index (κ2) is 4.65. The highest BCUT2D eigenvalue weighted by Crippen LogP contribution is 2.40. The number of carbonyl (C=O) groups excluding carboxylic acids is 1. The van der Waals surface area contributed by atoms with Crippen LogP contribution < -0.4 is 0 Å². The lowest BCUT2D eigenvalue weighted by Crippen LogP contribution is -2.34. The second-order valence-corrected chi connectivity index (χ2v) is 4.69. The number of ketones is 1. The van der Waals surface area contributed by atoms with Crippen LogP contribution in [0, 0.1) is 11.3 Å². The van der Waals surface area contributed by atoms with Crippen LogP contribution in [0.2, 0.25) is 0 Å². The lowest BCUT2D eigenvalue weighted by Gasteiger charge is -2.36. The Balaban J connectivity index is 2.87. The number of allylic oxidation sites excluding steroid dienone is 3. The van der Waals surface area contributed by atoms with Crippen LogP contribution in [0.25, 0.3) is 0 Å². The van der Waals surface area contributed by atoms with E-state index >= 15 is 0 Å². The van der Waals surface area contributed by atoms with Crippen LogP contribution in [-0.4, -0.2) is 12.4 Å². The van der Waals surface area contributed by atoms with Crippen LogP contribution in [0.4, 0.5) is 0 Å². The largest absolute Gasteiger partial charge is 0.498 e. The molecule has 0 radical (unpaired) electrons. The summed E-state index contributed by atoms with van der Waals surface area (Å²) in [4.78, 5) is 11.9. The SMILES string of the molecule is C=CCC1C(=O)C=C(OCC)CC1(C)C. The minimum atomic E-state index is -0.0233. The maximum atomic E-state index is 11.9. The monoisotopic (exact) mass is 208 g/mol. The van der Waals surface area contributed by atoms with Crippen molar-refractivity contribution < 1.29 is 9.53 Å². The third-order valence-electron chi connectivity index (χ3n) is 2.95. The second-order valence-electron chi connectivity index (χ2n) is 4.69. The maximum Gasteiger partial charge on any atom is 0.162 e. The summed E-state index contributed by atoms with van der Waals surface area (Å²) in [6, 6.07) is 0. The van der Waals surface area contributed by atoms with Gasteiger partial charge >= 0.3 is 0 Å². The normalized spacial score (nSPS) is 24.6. The first-order valence-corrected chi connectivity index (χ1v) is 5.49. The van der Waals surface area contributed by atoms with Crippen LogP contribution in [0.5, 0.6) is 0 Å². The Morgan fingerprint density at radius 1 is 1.67 bits per heavy atom. The van der Waals surface area contributed by atoms with Gasteiger partial charge in [0.25, 0.3) is 0 Å². The molecule has 0 saturated heterocycles. The number of rotatable bonds is 4. The van der Waals surface area contributed by atoms with Crippen LogP contribution in [0.15, 0.2) is 24.5 Å². The van der Waals surface area contributed by atoms with Crippen molar-refractivity contribution in [2.75, 3.05) is 6.61 Å². The third-order valence-corrected chi connectivity index (χ3v) is 2.95. The summed E-state index contributed by atoms with van der Waals surface area (Å²) < 4.78 is 5.43. The molecule has 0 aromatic heterocycles. The quantitative estimate of drug-likeness (QED) is 0.664. The van der Waals surface area contributed by atoms with Crippen molar-refractivity contribution in [1.29, 1.82) is 0 Å². The molecule has 1 unspecified atom stereocenters. The molecule has 0 aliphatic heterocycles. The molecule has 1 atom stereocenters. The van der Waals surface area contributed by atoms with Crippen molar-refractivity contribution in [1.82, 2.24) is 0 Å². The zero-order valence-corrected chi connectivity index (χ0v) is 9.88. The molecular weight excluding hydrogens is 188 g/mol. The average Bonchev–Trinajstić information content (AvgIpc) is 2.11. The van der Waals surface area contributed by atoms with E-state index < -0.39 is 0 Å². The average molecular weight is 208 g/mol. The van der Waals surface area contributed by atoms with Crippen LogP contribution in [0.3, 0.4) is 0 Å². The Morgan fingerprint density at radius 2 is 2.33 bits per heavy atom. The van der Waals surface area contributed by atoms with Crippen molar-refractivity contribution in [3.05, 3.63) is 24.5 Å². The number of ether oxygens (including phenoxy) is 1. The summed E-state index contributed by atoms with van der Waals surface area (Å²) in [6.45, 7) is 10.5. The molecular formula is C13H20O2. The van der Waals surface area contributed by atoms with E-state index in [-0.39, 0.29) is 17.1 Å². The molecule has 1 aliphatic rings. The van der Waals surface area contributed by atoms with Gasteiger partial charge in [0, 0.05) is 18.4 Å². The number of hydrogen-bond donors (Lipinski definition) is 0. The van der Waals surface area contributed by atoms with Gasteiger partial charge in [-0.05, 0) is 18.8 Å². The molecule has 2 nitrogen and oxygen atoms in total. The molecule has 15 heavy (non-hydrogen) atoms. The van der Waals surface area contributed by atoms with Gasteiger partial charge in [0.05, 0.1) is 6.61 Å². The van der Waals surface area contributed by atoms with Crippen LogP contribution in [0.1, 0.15) is 33.6 Å². The number of hydrogen-bond acceptors (Lipinski definition) is 2. The molecule has 0 bridgehead atoms. The Hall–Kier alpha value is -1.05. The van der Waals surface area contributed by atoms with Crippen molar-refractivity contribution in [2.45, 2.75) is 33.6 Å². The van der Waals surface area contributed by atoms with Crippen molar-refractivity contribution in [2.24, 2.45) is 11.3 Å². The summed E-state index contributed by atoms with van der Waals surface area (Å²) >= 11 is 0. The van der Waals surface area contributed by atoms with E-state index in [9.17, 15) is 4.79 Å². The summed E-state index contributed by atoms with van der Waals surface area (Å²) in [5, 5.41) is 0. The van der Waals surface area contributed by atoms with Gasteiger partial charge in [-0.1, -0.05) is 19.9 Å². The third kappa shape index (κ3) is 2.71. The molecule has 84 valence electrons. The van der Waals surface area contributed by atoms with Crippen LogP contribution >= 0.6 is 0 Å². The standard InChI is InChI=1S/C13H20O2/c1-5-7-11-12(14)8-10(15-6-2)9-13(11,3)4/h5,8,11H,1,6-7,9H2,2-4H3. The van der Waals surface area contributed by atoms with E-state index in [2.05, 4.69) is 20.4 Å². The topological polar surface area (TPSA) is 26.3 Å². The molecule has 0 saturated carbocycles. The fraction of sp³-hybridized carbons (Fsp3) is 0.615. The maximum absolute atomic E-state index is 11.9. The zero-order valence-electron chi connectivity index (χ0n) is 9.88. The molecule has 2 heteroatoms. The Labute approximate surface area is 92.0 Å². The molecule has 0 amide bonds. The molecule has 0 aromatic rings. The van der Waals surface area contributed by atoms with E-state index in [0.717, 1.165) is 18.6 Å². The molecule has 0 N–H and O–H groups in total. The smallest absolute Gasteiger partial charge is 0.162 e. The first-order valence-electron chi connectivity index (χ1n) is 5.49. The van der Waals surface area contributed by atoms with E-state index in [4.69, 9.17) is 4.74 Å². The lowest BCUT2D eigenvalue weighted by atomic mass is 9.69. The van der Waals surface area contributed by atoms with Gasteiger partial charge in [0.2, 0.25) is 0 Å². The van der Waals surface area contributed by atoms with E-state index in [1.165, 1.54) is 0 Å². The fourth-order valence-electron chi connectivity index (χ4n) is 2.15. The van der Waals surface area contributed by atoms with Crippen molar-refractivity contribution in [3.63, 3.8) is 0 Å². The highest BCUT2D eigenvalue weighted by molar-refractivity contribution is 5.93. The van der Waals surface area contributed by atoms with Gasteiger partial charge in [-0.15, -0.1) is 6.58 Å². The summed E-state index contributed by atoms with van der Waals surface area (Å²) in [5.41, 5.74) is -0.0233. The Morgan fingerprint density at radius 3 is 2.80 bits per heavy atom. The molecule has 0 heterocycles. The van der Waals surface area contributed by atoms with Crippen molar-refractivity contribution >= 4 is 5.78 Å². The first kappa shape index (κ1) is 12.0. The first-order chi connectivity index (χ1) is 7.01. The summed E-state index contributed by atoms with van der Waals surface area (Å²) in [7, 11) is 0. The molecule has 0 spiro atoms. The lowest BCUT2D eigenvalue weighted by molar-refractivity contribution is -0.123. The highest BCUT2D eigenvalue weighted by atomic mass is 16.5. The number of carbonyl (C=O) groups is 1. The molecule has 0 fully saturated rings. The molecule has 1 aliphatic carbocycles. The minimum Gasteiger partial charge on any atom is -0.498 e. The highest BCUT2D eigenvalue weighted by Gasteiger charge is 2.38. The summed E-state index contributed by atoms with van der Waals surface area (Å²) in [5.74, 6) is 1.06. The molecule has 0 aromatic carbocycles.